The Hall–Kier alpha value is 0.0249. The molecule has 0 aliphatic carbocycles. The summed E-state index contributed by atoms with van der Waals surface area (Å²) in [5.41, 5.74) is 0. The molecule has 2 heteroatoms. The van der Waals surface area contributed by atoms with Gasteiger partial charge in [0, 0.05) is 7.11 Å². The van der Waals surface area contributed by atoms with E-state index in [4.69, 9.17) is 4.65 Å². The van der Waals surface area contributed by atoms with Crippen molar-refractivity contribution in [3.8, 4) is 0 Å². The summed E-state index contributed by atoms with van der Waals surface area (Å²) >= 11 is 0. The molecule has 0 aromatic carbocycles. The minimum absolute atomic E-state index is 0.623. The molecule has 2 saturated heterocycles. The summed E-state index contributed by atoms with van der Waals surface area (Å²) in [5, 5.41) is 0. The zero-order valence-electron chi connectivity index (χ0n) is 7.38. The van der Waals surface area contributed by atoms with Crippen LogP contribution in [0.15, 0.2) is 0 Å². The standard InChI is InChI=1S/C9H17BO/c1-11-10-8-4-2-5-9(10)7-3-6-8/h8-9H,2-7H2,1H3. The molecule has 2 fully saturated rings. The van der Waals surface area contributed by atoms with E-state index in [1.54, 1.807) is 0 Å². The van der Waals surface area contributed by atoms with E-state index < -0.39 is 0 Å². The number of hydrogen-bond donors (Lipinski definition) is 0. The second-order valence-electron chi connectivity index (χ2n) is 4.08. The molecule has 0 saturated carbocycles. The van der Waals surface area contributed by atoms with Gasteiger partial charge in [-0.05, 0) is 11.6 Å². The highest BCUT2D eigenvalue weighted by molar-refractivity contribution is 6.55. The quantitative estimate of drug-likeness (QED) is 0.525. The third-order valence-electron chi connectivity index (χ3n) is 3.50. The van der Waals surface area contributed by atoms with E-state index in [1.807, 2.05) is 7.11 Å². The van der Waals surface area contributed by atoms with Gasteiger partial charge in [0.2, 0.25) is 0 Å². The van der Waals surface area contributed by atoms with Gasteiger partial charge < -0.3 is 4.65 Å². The Morgan fingerprint density at radius 3 is 1.73 bits per heavy atom. The zero-order valence-corrected chi connectivity index (χ0v) is 7.38. The van der Waals surface area contributed by atoms with Gasteiger partial charge in [0.15, 0.2) is 0 Å². The van der Waals surface area contributed by atoms with Crippen molar-refractivity contribution in [3.63, 3.8) is 0 Å². The normalized spacial score (nSPS) is 37.4. The van der Waals surface area contributed by atoms with Gasteiger partial charge in [0.25, 0.3) is 6.92 Å². The molecule has 2 aliphatic rings. The van der Waals surface area contributed by atoms with E-state index in [0.29, 0.717) is 6.92 Å². The first-order valence-electron chi connectivity index (χ1n) is 4.94. The zero-order chi connectivity index (χ0) is 7.68. The lowest BCUT2D eigenvalue weighted by Gasteiger charge is -2.38. The first-order valence-corrected chi connectivity index (χ1v) is 4.94. The van der Waals surface area contributed by atoms with E-state index >= 15 is 0 Å². The Morgan fingerprint density at radius 2 is 1.45 bits per heavy atom. The largest absolute Gasteiger partial charge is 0.438 e. The Bertz CT molecular complexity index is 116. The molecule has 62 valence electrons. The average molecular weight is 152 g/mol. The Kier molecular flexibility index (Phi) is 2.21. The molecular formula is C9H17BO. The van der Waals surface area contributed by atoms with Crippen LogP contribution in [0.1, 0.15) is 38.5 Å². The van der Waals surface area contributed by atoms with Crippen molar-refractivity contribution < 1.29 is 4.65 Å². The van der Waals surface area contributed by atoms with Gasteiger partial charge in [-0.2, -0.15) is 0 Å². The van der Waals surface area contributed by atoms with Crippen molar-refractivity contribution in [1.82, 2.24) is 0 Å². The molecule has 2 heterocycles. The van der Waals surface area contributed by atoms with Gasteiger partial charge in [-0.3, -0.25) is 0 Å². The highest BCUT2D eigenvalue weighted by atomic mass is 16.4. The molecule has 0 amide bonds. The molecule has 0 atom stereocenters. The molecule has 11 heavy (non-hydrogen) atoms. The fourth-order valence-electron chi connectivity index (χ4n) is 3.00. The third-order valence-corrected chi connectivity index (χ3v) is 3.50. The van der Waals surface area contributed by atoms with Crippen LogP contribution in [0.25, 0.3) is 0 Å². The molecule has 2 aliphatic heterocycles. The van der Waals surface area contributed by atoms with E-state index in [1.165, 1.54) is 38.5 Å². The molecule has 0 spiro atoms. The predicted molar refractivity (Wildman–Crippen MR) is 48.0 cm³/mol. The summed E-state index contributed by atoms with van der Waals surface area (Å²) < 4.78 is 5.56. The van der Waals surface area contributed by atoms with Gasteiger partial charge >= 0.3 is 0 Å². The number of fused-ring (bicyclic) bond motifs is 2. The summed E-state index contributed by atoms with van der Waals surface area (Å²) in [6, 6.07) is 0. The minimum Gasteiger partial charge on any atom is -0.438 e. The molecule has 0 N–H and O–H groups in total. The number of hydrogen-bond acceptors (Lipinski definition) is 1. The van der Waals surface area contributed by atoms with Crippen LogP contribution in [0.4, 0.5) is 0 Å². The summed E-state index contributed by atoms with van der Waals surface area (Å²) in [4.78, 5) is 0. The molecule has 0 unspecified atom stereocenters. The van der Waals surface area contributed by atoms with Crippen molar-refractivity contribution in [2.75, 3.05) is 7.11 Å². The van der Waals surface area contributed by atoms with Crippen LogP contribution in [0.3, 0.4) is 0 Å². The van der Waals surface area contributed by atoms with Crippen molar-refractivity contribution in [2.24, 2.45) is 0 Å². The van der Waals surface area contributed by atoms with E-state index in [-0.39, 0.29) is 0 Å². The fourth-order valence-corrected chi connectivity index (χ4v) is 3.00. The fraction of sp³-hybridized carbons (Fsp3) is 1.00. The SMILES string of the molecule is COB1C2CCCC1CCC2. The van der Waals surface area contributed by atoms with E-state index in [0.717, 1.165) is 11.6 Å². The van der Waals surface area contributed by atoms with Gasteiger partial charge in [0.1, 0.15) is 0 Å². The smallest absolute Gasteiger partial charge is 0.298 e. The summed E-state index contributed by atoms with van der Waals surface area (Å²) in [7, 11) is 1.89. The molecule has 0 aromatic rings. The van der Waals surface area contributed by atoms with Crippen LogP contribution < -0.4 is 0 Å². The van der Waals surface area contributed by atoms with Crippen LogP contribution in [0.2, 0.25) is 11.6 Å². The van der Waals surface area contributed by atoms with Crippen molar-refractivity contribution in [1.29, 1.82) is 0 Å². The Balaban J connectivity index is 2.04. The maximum absolute atomic E-state index is 5.56. The van der Waals surface area contributed by atoms with Crippen molar-refractivity contribution in [3.05, 3.63) is 0 Å². The molecular weight excluding hydrogens is 135 g/mol. The van der Waals surface area contributed by atoms with E-state index in [9.17, 15) is 0 Å². The maximum atomic E-state index is 5.56. The molecule has 0 radical (unpaired) electrons. The lowest BCUT2D eigenvalue weighted by molar-refractivity contribution is 0.326. The average Bonchev–Trinajstić information content (AvgIpc) is 2.03. The van der Waals surface area contributed by atoms with E-state index in [2.05, 4.69) is 0 Å². The molecule has 2 rings (SSSR count). The lowest BCUT2D eigenvalue weighted by atomic mass is 9.38. The van der Waals surface area contributed by atoms with Gasteiger partial charge in [-0.1, -0.05) is 38.5 Å². The van der Waals surface area contributed by atoms with Crippen LogP contribution in [0, 0.1) is 0 Å². The monoisotopic (exact) mass is 152 g/mol. The minimum atomic E-state index is 0.623. The van der Waals surface area contributed by atoms with Gasteiger partial charge in [0.05, 0.1) is 0 Å². The van der Waals surface area contributed by atoms with Crippen LogP contribution in [-0.2, 0) is 4.65 Å². The van der Waals surface area contributed by atoms with Gasteiger partial charge in [-0.15, -0.1) is 0 Å². The molecule has 1 nitrogen and oxygen atoms in total. The van der Waals surface area contributed by atoms with Crippen LogP contribution in [-0.4, -0.2) is 14.0 Å². The summed E-state index contributed by atoms with van der Waals surface area (Å²) in [6.45, 7) is 0.623. The second kappa shape index (κ2) is 3.18. The Labute approximate surface area is 69.6 Å². The maximum Gasteiger partial charge on any atom is 0.298 e. The predicted octanol–water partition coefficient (Wildman–Crippen LogP) is 2.73. The summed E-state index contributed by atoms with van der Waals surface area (Å²) in [5.74, 6) is 1.82. The second-order valence-corrected chi connectivity index (χ2v) is 4.08. The van der Waals surface area contributed by atoms with Gasteiger partial charge in [-0.25, -0.2) is 0 Å². The van der Waals surface area contributed by atoms with Crippen molar-refractivity contribution >= 4 is 6.92 Å². The molecule has 2 bridgehead atoms. The van der Waals surface area contributed by atoms with Crippen molar-refractivity contribution in [2.45, 2.75) is 50.2 Å². The lowest BCUT2D eigenvalue weighted by Crippen LogP contribution is -2.36. The first-order chi connectivity index (χ1) is 5.42. The highest BCUT2D eigenvalue weighted by Gasteiger charge is 2.40. The van der Waals surface area contributed by atoms with Crippen LogP contribution >= 0.6 is 0 Å². The summed E-state index contributed by atoms with van der Waals surface area (Å²) in [6.07, 6.45) is 8.61. The highest BCUT2D eigenvalue weighted by Crippen LogP contribution is 2.46. The number of rotatable bonds is 1. The first kappa shape index (κ1) is 7.66. The topological polar surface area (TPSA) is 9.23 Å². The third kappa shape index (κ3) is 1.33. The Morgan fingerprint density at radius 1 is 1.00 bits per heavy atom. The molecule has 0 aromatic heterocycles. The van der Waals surface area contributed by atoms with Crippen LogP contribution in [0.5, 0.6) is 0 Å².